The van der Waals surface area contributed by atoms with Crippen LogP contribution in [0.2, 0.25) is 0 Å². The van der Waals surface area contributed by atoms with Crippen LogP contribution in [0.3, 0.4) is 0 Å². The van der Waals surface area contributed by atoms with Gasteiger partial charge in [-0.1, -0.05) is 43.8 Å². The van der Waals surface area contributed by atoms with Gasteiger partial charge in [0.1, 0.15) is 0 Å². The van der Waals surface area contributed by atoms with Crippen molar-refractivity contribution in [2.24, 2.45) is 0 Å². The molecule has 2 aromatic carbocycles. The second kappa shape index (κ2) is 6.27. The highest BCUT2D eigenvalue weighted by Crippen LogP contribution is 2.30. The molecule has 0 aliphatic heterocycles. The average molecular weight is 272 g/mol. The van der Waals surface area contributed by atoms with E-state index in [0.717, 1.165) is 11.1 Å². The predicted octanol–water partition coefficient (Wildman–Crippen LogP) is 4.76. The topological polar surface area (TPSA) is 20.2 Å². The Bertz CT molecular complexity index is 544. The van der Waals surface area contributed by atoms with Crippen LogP contribution < -0.4 is 0 Å². The highest BCUT2D eigenvalue weighted by Gasteiger charge is 2.03. The number of aryl methyl sites for hydroxylation is 1. The van der Waals surface area contributed by atoms with Crippen LogP contribution in [-0.4, -0.2) is 5.11 Å². The molecule has 0 bridgehead atoms. The summed E-state index contributed by atoms with van der Waals surface area (Å²) in [4.78, 5) is 2.47. The van der Waals surface area contributed by atoms with E-state index in [9.17, 15) is 5.11 Å². The van der Waals surface area contributed by atoms with Crippen LogP contribution in [0.15, 0.2) is 52.3 Å². The Morgan fingerprint density at radius 3 is 2.16 bits per heavy atom. The molecule has 1 nitrogen and oxygen atoms in total. The Morgan fingerprint density at radius 1 is 1.00 bits per heavy atom. The Labute approximate surface area is 119 Å². The Balaban J connectivity index is 2.14. The molecule has 0 spiro atoms. The summed E-state index contributed by atoms with van der Waals surface area (Å²) in [7, 11) is 0. The summed E-state index contributed by atoms with van der Waals surface area (Å²) >= 11 is 1.76. The number of rotatable bonds is 4. The standard InChI is InChI=1S/C17H20OS/c1-12(2)14-4-7-16(8-5-14)19-17-9-6-15(11-18)13(3)10-17/h4-10,12,18H,11H2,1-3H3. The van der Waals surface area contributed by atoms with Gasteiger partial charge in [-0.2, -0.15) is 0 Å². The van der Waals surface area contributed by atoms with E-state index >= 15 is 0 Å². The lowest BCUT2D eigenvalue weighted by Crippen LogP contribution is -1.88. The van der Waals surface area contributed by atoms with Gasteiger partial charge in [-0.15, -0.1) is 0 Å². The molecule has 0 heterocycles. The fourth-order valence-corrected chi connectivity index (χ4v) is 2.88. The normalized spacial score (nSPS) is 11.0. The lowest BCUT2D eigenvalue weighted by Gasteiger charge is -2.08. The molecule has 0 fully saturated rings. The van der Waals surface area contributed by atoms with Crippen molar-refractivity contribution in [2.45, 2.75) is 43.1 Å². The van der Waals surface area contributed by atoms with Crippen LogP contribution in [0, 0.1) is 6.92 Å². The minimum atomic E-state index is 0.111. The zero-order valence-electron chi connectivity index (χ0n) is 11.7. The van der Waals surface area contributed by atoms with Crippen LogP contribution in [0.5, 0.6) is 0 Å². The Hall–Kier alpha value is -1.25. The molecule has 2 aromatic rings. The SMILES string of the molecule is Cc1cc(Sc2ccc(C(C)C)cc2)ccc1CO. The summed E-state index contributed by atoms with van der Waals surface area (Å²) in [5.74, 6) is 0.574. The van der Waals surface area contributed by atoms with E-state index in [0.29, 0.717) is 5.92 Å². The second-order valence-electron chi connectivity index (χ2n) is 5.07. The fourth-order valence-electron chi connectivity index (χ4n) is 1.97. The summed E-state index contributed by atoms with van der Waals surface area (Å²) < 4.78 is 0. The minimum Gasteiger partial charge on any atom is -0.392 e. The molecule has 0 unspecified atom stereocenters. The Morgan fingerprint density at radius 2 is 1.63 bits per heavy atom. The summed E-state index contributed by atoms with van der Waals surface area (Å²) in [6.07, 6.45) is 0. The van der Waals surface area contributed by atoms with Crippen LogP contribution in [0.1, 0.15) is 36.5 Å². The van der Waals surface area contributed by atoms with Crippen molar-refractivity contribution >= 4 is 11.8 Å². The number of hydrogen-bond acceptors (Lipinski definition) is 2. The quantitative estimate of drug-likeness (QED) is 0.865. The molecule has 2 heteroatoms. The molecule has 2 rings (SSSR count). The van der Waals surface area contributed by atoms with E-state index in [4.69, 9.17) is 0 Å². The zero-order valence-corrected chi connectivity index (χ0v) is 12.5. The summed E-state index contributed by atoms with van der Waals surface area (Å²) in [5.41, 5.74) is 3.52. The molecular weight excluding hydrogens is 252 g/mol. The van der Waals surface area contributed by atoms with Gasteiger partial charge in [0.25, 0.3) is 0 Å². The molecule has 0 aromatic heterocycles. The van der Waals surface area contributed by atoms with Crippen molar-refractivity contribution < 1.29 is 5.11 Å². The van der Waals surface area contributed by atoms with Gasteiger partial charge < -0.3 is 5.11 Å². The molecule has 0 amide bonds. The molecule has 1 N–H and O–H groups in total. The number of aliphatic hydroxyl groups is 1. The summed E-state index contributed by atoms with van der Waals surface area (Å²) in [5, 5.41) is 9.17. The van der Waals surface area contributed by atoms with Crippen LogP contribution in [0.4, 0.5) is 0 Å². The van der Waals surface area contributed by atoms with Gasteiger partial charge in [-0.3, -0.25) is 0 Å². The Kier molecular flexibility index (Phi) is 4.67. The molecule has 0 saturated carbocycles. The van der Waals surface area contributed by atoms with Crippen LogP contribution in [0.25, 0.3) is 0 Å². The van der Waals surface area contributed by atoms with Crippen LogP contribution in [-0.2, 0) is 6.61 Å². The third kappa shape index (κ3) is 3.62. The number of aliphatic hydroxyl groups excluding tert-OH is 1. The second-order valence-corrected chi connectivity index (χ2v) is 6.22. The average Bonchev–Trinajstić information content (AvgIpc) is 2.39. The number of benzene rings is 2. The van der Waals surface area contributed by atoms with Crippen molar-refractivity contribution in [2.75, 3.05) is 0 Å². The van der Waals surface area contributed by atoms with Crippen molar-refractivity contribution in [3.63, 3.8) is 0 Å². The molecular formula is C17H20OS. The third-order valence-corrected chi connectivity index (χ3v) is 4.26. The minimum absolute atomic E-state index is 0.111. The van der Waals surface area contributed by atoms with Gasteiger partial charge in [-0.25, -0.2) is 0 Å². The maximum atomic E-state index is 9.17. The van der Waals surface area contributed by atoms with Gasteiger partial charge in [-0.05, 0) is 53.8 Å². The van der Waals surface area contributed by atoms with E-state index in [1.54, 1.807) is 11.8 Å². The first-order valence-electron chi connectivity index (χ1n) is 6.58. The first-order valence-corrected chi connectivity index (χ1v) is 7.40. The van der Waals surface area contributed by atoms with Crippen LogP contribution >= 0.6 is 11.8 Å². The maximum Gasteiger partial charge on any atom is 0.0684 e. The van der Waals surface area contributed by atoms with E-state index < -0.39 is 0 Å². The highest BCUT2D eigenvalue weighted by molar-refractivity contribution is 7.99. The molecule has 0 aliphatic rings. The smallest absolute Gasteiger partial charge is 0.0684 e. The summed E-state index contributed by atoms with van der Waals surface area (Å²) in [6, 6.07) is 14.9. The maximum absolute atomic E-state index is 9.17. The molecule has 0 radical (unpaired) electrons. The monoisotopic (exact) mass is 272 g/mol. The van der Waals surface area contributed by atoms with E-state index in [1.807, 2.05) is 13.0 Å². The van der Waals surface area contributed by atoms with E-state index in [-0.39, 0.29) is 6.61 Å². The zero-order chi connectivity index (χ0) is 13.8. The molecule has 0 atom stereocenters. The lowest BCUT2D eigenvalue weighted by atomic mass is 10.0. The van der Waals surface area contributed by atoms with Crippen molar-refractivity contribution in [3.8, 4) is 0 Å². The molecule has 0 saturated heterocycles. The molecule has 19 heavy (non-hydrogen) atoms. The predicted molar refractivity (Wildman–Crippen MR) is 81.8 cm³/mol. The van der Waals surface area contributed by atoms with Crippen molar-refractivity contribution in [3.05, 3.63) is 59.2 Å². The summed E-state index contributed by atoms with van der Waals surface area (Å²) in [6.45, 7) is 6.57. The van der Waals surface area contributed by atoms with Gasteiger partial charge in [0.15, 0.2) is 0 Å². The largest absolute Gasteiger partial charge is 0.392 e. The fraction of sp³-hybridized carbons (Fsp3) is 0.294. The first kappa shape index (κ1) is 14.2. The highest BCUT2D eigenvalue weighted by atomic mass is 32.2. The molecule has 0 aliphatic carbocycles. The van der Waals surface area contributed by atoms with Gasteiger partial charge in [0, 0.05) is 9.79 Å². The van der Waals surface area contributed by atoms with E-state index in [1.165, 1.54) is 15.4 Å². The third-order valence-electron chi connectivity index (χ3n) is 3.27. The first-order chi connectivity index (χ1) is 9.10. The van der Waals surface area contributed by atoms with Crippen molar-refractivity contribution in [1.29, 1.82) is 0 Å². The molecule has 100 valence electrons. The number of hydrogen-bond donors (Lipinski definition) is 1. The van der Waals surface area contributed by atoms with Gasteiger partial charge in [0.2, 0.25) is 0 Å². The van der Waals surface area contributed by atoms with Gasteiger partial charge in [0.05, 0.1) is 6.61 Å². The van der Waals surface area contributed by atoms with Crippen molar-refractivity contribution in [1.82, 2.24) is 0 Å². The van der Waals surface area contributed by atoms with E-state index in [2.05, 4.69) is 50.2 Å². The van der Waals surface area contributed by atoms with Gasteiger partial charge >= 0.3 is 0 Å². The lowest BCUT2D eigenvalue weighted by molar-refractivity contribution is 0.281.